The summed E-state index contributed by atoms with van der Waals surface area (Å²) in [6, 6.07) is 6.54. The number of hydrogen-bond donors (Lipinski definition) is 1. The lowest BCUT2D eigenvalue weighted by Gasteiger charge is -2.40. The van der Waals surface area contributed by atoms with Gasteiger partial charge in [-0.2, -0.15) is 0 Å². The molecule has 2 heteroatoms. The van der Waals surface area contributed by atoms with Gasteiger partial charge in [-0.15, -0.1) is 0 Å². The van der Waals surface area contributed by atoms with E-state index in [4.69, 9.17) is 10.5 Å². The lowest BCUT2D eigenvalue weighted by molar-refractivity contribution is 0.0883. The molecule has 1 heterocycles. The van der Waals surface area contributed by atoms with Crippen LogP contribution >= 0.6 is 0 Å². The van der Waals surface area contributed by atoms with E-state index in [2.05, 4.69) is 32.0 Å². The van der Waals surface area contributed by atoms with Gasteiger partial charge >= 0.3 is 0 Å². The van der Waals surface area contributed by atoms with Gasteiger partial charge in [0.05, 0.1) is 0 Å². The highest BCUT2D eigenvalue weighted by molar-refractivity contribution is 5.40. The normalized spacial score (nSPS) is 32.8. The molecule has 2 aliphatic rings. The molecule has 1 aromatic carbocycles. The van der Waals surface area contributed by atoms with Crippen LogP contribution in [0.1, 0.15) is 50.2 Å². The van der Waals surface area contributed by atoms with Crippen LogP contribution in [0, 0.1) is 18.3 Å². The zero-order valence-electron chi connectivity index (χ0n) is 12.8. The Morgan fingerprint density at radius 3 is 2.75 bits per heavy atom. The molecule has 1 saturated carbocycles. The zero-order chi connectivity index (χ0) is 14.2. The molecule has 1 unspecified atom stereocenters. The standard InChI is InChI=1S/C18H27NO/c1-13-5-7-18(12-19,8-6-13)11-16-10-15-9-14(2)3-4-17(15)20-16/h3-4,9,13,16H,5-8,10-12,19H2,1-2H3. The van der Waals surface area contributed by atoms with Gasteiger partial charge in [-0.1, -0.05) is 37.5 Å². The monoisotopic (exact) mass is 273 g/mol. The molecule has 3 rings (SSSR count). The van der Waals surface area contributed by atoms with Crippen molar-refractivity contribution in [1.82, 2.24) is 0 Å². The molecular formula is C18H27NO. The third-order valence-corrected chi connectivity index (χ3v) is 5.39. The predicted molar refractivity (Wildman–Crippen MR) is 83.0 cm³/mol. The van der Waals surface area contributed by atoms with Crippen molar-refractivity contribution in [2.45, 2.75) is 58.5 Å². The number of fused-ring (bicyclic) bond motifs is 1. The first kappa shape index (κ1) is 13.9. The lowest BCUT2D eigenvalue weighted by Crippen LogP contribution is -2.38. The highest BCUT2D eigenvalue weighted by atomic mass is 16.5. The first-order valence-electron chi connectivity index (χ1n) is 8.06. The smallest absolute Gasteiger partial charge is 0.123 e. The van der Waals surface area contributed by atoms with E-state index in [1.165, 1.54) is 36.8 Å². The summed E-state index contributed by atoms with van der Waals surface area (Å²) in [5.74, 6) is 1.97. The molecule has 0 bridgehead atoms. The van der Waals surface area contributed by atoms with Crippen LogP contribution in [0.4, 0.5) is 0 Å². The van der Waals surface area contributed by atoms with Crippen molar-refractivity contribution in [3.63, 3.8) is 0 Å². The maximum absolute atomic E-state index is 6.16. The first-order valence-corrected chi connectivity index (χ1v) is 8.06. The van der Waals surface area contributed by atoms with E-state index in [1.54, 1.807) is 0 Å². The van der Waals surface area contributed by atoms with Gasteiger partial charge in [-0.05, 0) is 55.7 Å². The van der Waals surface area contributed by atoms with Crippen LogP contribution in [0.15, 0.2) is 18.2 Å². The predicted octanol–water partition coefficient (Wildman–Crippen LogP) is 3.84. The quantitative estimate of drug-likeness (QED) is 0.908. The van der Waals surface area contributed by atoms with Crippen LogP contribution < -0.4 is 10.5 Å². The third-order valence-electron chi connectivity index (χ3n) is 5.39. The Bertz CT molecular complexity index is 474. The molecule has 1 aliphatic carbocycles. The van der Waals surface area contributed by atoms with Gasteiger partial charge in [0.2, 0.25) is 0 Å². The summed E-state index contributed by atoms with van der Waals surface area (Å²) < 4.78 is 6.16. The molecule has 110 valence electrons. The molecular weight excluding hydrogens is 246 g/mol. The van der Waals surface area contributed by atoms with E-state index in [-0.39, 0.29) is 0 Å². The van der Waals surface area contributed by atoms with E-state index >= 15 is 0 Å². The van der Waals surface area contributed by atoms with Crippen molar-refractivity contribution < 1.29 is 4.74 Å². The number of nitrogens with two attached hydrogens (primary N) is 1. The number of rotatable bonds is 3. The average Bonchev–Trinajstić information content (AvgIpc) is 2.83. The van der Waals surface area contributed by atoms with Gasteiger partial charge < -0.3 is 10.5 Å². The van der Waals surface area contributed by atoms with Crippen molar-refractivity contribution in [2.75, 3.05) is 6.54 Å². The molecule has 0 aromatic heterocycles. The van der Waals surface area contributed by atoms with Gasteiger partial charge in [0.1, 0.15) is 11.9 Å². The summed E-state index contributed by atoms with van der Waals surface area (Å²) in [5.41, 5.74) is 9.17. The Balaban J connectivity index is 1.67. The molecule has 0 radical (unpaired) electrons. The molecule has 0 amide bonds. The topological polar surface area (TPSA) is 35.2 Å². The average molecular weight is 273 g/mol. The Kier molecular flexibility index (Phi) is 3.76. The maximum Gasteiger partial charge on any atom is 0.123 e. The van der Waals surface area contributed by atoms with E-state index in [1.807, 2.05) is 0 Å². The van der Waals surface area contributed by atoms with Crippen molar-refractivity contribution in [3.05, 3.63) is 29.3 Å². The minimum absolute atomic E-state index is 0.328. The highest BCUT2D eigenvalue weighted by Gasteiger charge is 2.37. The minimum atomic E-state index is 0.328. The first-order chi connectivity index (χ1) is 9.60. The van der Waals surface area contributed by atoms with E-state index in [9.17, 15) is 0 Å². The summed E-state index contributed by atoms with van der Waals surface area (Å²) >= 11 is 0. The van der Waals surface area contributed by atoms with Gasteiger partial charge in [-0.3, -0.25) is 0 Å². The molecule has 1 aromatic rings. The molecule has 1 aliphatic heterocycles. The molecule has 20 heavy (non-hydrogen) atoms. The highest BCUT2D eigenvalue weighted by Crippen LogP contribution is 2.44. The van der Waals surface area contributed by atoms with Crippen LogP contribution in [-0.4, -0.2) is 12.6 Å². The van der Waals surface area contributed by atoms with E-state index in [0.29, 0.717) is 11.5 Å². The number of aryl methyl sites for hydroxylation is 1. The Labute approximate surface area is 122 Å². The molecule has 2 N–H and O–H groups in total. The fourth-order valence-corrected chi connectivity index (χ4v) is 3.91. The third kappa shape index (κ3) is 2.71. The van der Waals surface area contributed by atoms with Crippen LogP contribution in [0.5, 0.6) is 5.75 Å². The SMILES string of the molecule is Cc1ccc2c(c1)CC(CC1(CN)CCC(C)CC1)O2. The molecule has 0 spiro atoms. The molecule has 0 saturated heterocycles. The van der Waals surface area contributed by atoms with Crippen molar-refractivity contribution in [3.8, 4) is 5.75 Å². The summed E-state index contributed by atoms with van der Waals surface area (Å²) in [4.78, 5) is 0. The number of hydrogen-bond acceptors (Lipinski definition) is 2. The van der Waals surface area contributed by atoms with E-state index in [0.717, 1.165) is 31.1 Å². The second-order valence-corrected chi connectivity index (χ2v) is 7.15. The largest absolute Gasteiger partial charge is 0.490 e. The summed E-state index contributed by atoms with van der Waals surface area (Å²) in [5, 5.41) is 0. The maximum atomic E-state index is 6.16. The minimum Gasteiger partial charge on any atom is -0.490 e. The van der Waals surface area contributed by atoms with Crippen molar-refractivity contribution >= 4 is 0 Å². The Morgan fingerprint density at radius 2 is 2.05 bits per heavy atom. The van der Waals surface area contributed by atoms with E-state index < -0.39 is 0 Å². The number of ether oxygens (including phenoxy) is 1. The van der Waals surface area contributed by atoms with Gasteiger partial charge in [0.25, 0.3) is 0 Å². The fourth-order valence-electron chi connectivity index (χ4n) is 3.91. The molecule has 1 atom stereocenters. The van der Waals surface area contributed by atoms with Crippen LogP contribution in [-0.2, 0) is 6.42 Å². The second kappa shape index (κ2) is 5.40. The molecule has 2 nitrogen and oxygen atoms in total. The summed E-state index contributed by atoms with van der Waals surface area (Å²) in [7, 11) is 0. The number of benzene rings is 1. The van der Waals surface area contributed by atoms with Gasteiger partial charge in [-0.25, -0.2) is 0 Å². The Hall–Kier alpha value is -1.02. The van der Waals surface area contributed by atoms with Crippen LogP contribution in [0.3, 0.4) is 0 Å². The van der Waals surface area contributed by atoms with Crippen LogP contribution in [0.2, 0.25) is 0 Å². The summed E-state index contributed by atoms with van der Waals surface area (Å²) in [6.07, 6.45) is 7.74. The fraction of sp³-hybridized carbons (Fsp3) is 0.667. The lowest BCUT2D eigenvalue weighted by atomic mass is 9.68. The zero-order valence-corrected chi connectivity index (χ0v) is 12.8. The Morgan fingerprint density at radius 1 is 1.30 bits per heavy atom. The second-order valence-electron chi connectivity index (χ2n) is 7.15. The van der Waals surface area contributed by atoms with Crippen molar-refractivity contribution in [1.29, 1.82) is 0 Å². The van der Waals surface area contributed by atoms with Gasteiger partial charge in [0.15, 0.2) is 0 Å². The molecule has 1 fully saturated rings. The van der Waals surface area contributed by atoms with Crippen LogP contribution in [0.25, 0.3) is 0 Å². The van der Waals surface area contributed by atoms with Crippen molar-refractivity contribution in [2.24, 2.45) is 17.1 Å². The van der Waals surface area contributed by atoms with Gasteiger partial charge in [0, 0.05) is 6.42 Å². The summed E-state index contributed by atoms with van der Waals surface area (Å²) in [6.45, 7) is 5.33.